The molecule has 1 heterocycles. The average molecular weight is 242 g/mol. The van der Waals surface area contributed by atoms with Crippen molar-refractivity contribution in [1.82, 2.24) is 4.98 Å². The van der Waals surface area contributed by atoms with Crippen LogP contribution in [0.15, 0.2) is 22.1 Å². The molecule has 0 aliphatic heterocycles. The molecule has 3 heteroatoms. The van der Waals surface area contributed by atoms with E-state index in [0.29, 0.717) is 14.5 Å². The monoisotopic (exact) mass is 243 g/mol. The van der Waals surface area contributed by atoms with Gasteiger partial charge in [0.05, 0.1) is 0 Å². The number of nitrogens with zero attached hydrogens (tertiary/aromatic N) is 1. The molecule has 0 aliphatic rings. The molecule has 1 aromatic carbocycles. The molecule has 0 saturated carbocycles. The summed E-state index contributed by atoms with van der Waals surface area (Å²) in [5.41, 5.74) is 2.53. The van der Waals surface area contributed by atoms with Gasteiger partial charge in [0, 0.05) is 0 Å². The fourth-order valence-corrected chi connectivity index (χ4v) is 3.46. The van der Waals surface area contributed by atoms with Crippen LogP contribution in [0.4, 0.5) is 0 Å². The van der Waals surface area contributed by atoms with Crippen LogP contribution in [0.25, 0.3) is 9.78 Å². The molecule has 1 aromatic heterocycles. The summed E-state index contributed by atoms with van der Waals surface area (Å²) in [4.78, 5) is 5.72. The van der Waals surface area contributed by atoms with Crippen LogP contribution < -0.4 is 0 Å². The molecule has 0 spiro atoms. The minimum atomic E-state index is 0.480. The summed E-state index contributed by atoms with van der Waals surface area (Å²) < 4.78 is 1.43. The van der Waals surface area contributed by atoms with Gasteiger partial charge in [-0.3, -0.25) is 0 Å². The van der Waals surface area contributed by atoms with E-state index in [1.165, 1.54) is 20.2 Å². The zero-order valence-corrected chi connectivity index (χ0v) is 9.53. The van der Waals surface area contributed by atoms with E-state index in [2.05, 4.69) is 30.3 Å². The van der Waals surface area contributed by atoms with Gasteiger partial charge in [-0.15, -0.1) is 0 Å². The van der Waals surface area contributed by atoms with E-state index in [0.717, 1.165) is 0 Å². The Morgan fingerprint density at radius 1 is 1.42 bits per heavy atom. The van der Waals surface area contributed by atoms with Gasteiger partial charge in [-0.2, -0.15) is 0 Å². The third-order valence-corrected chi connectivity index (χ3v) is 4.39. The molecule has 0 N–H and O–H groups in total. The van der Waals surface area contributed by atoms with Crippen LogP contribution in [0, 0.1) is 6.92 Å². The molecule has 0 atom stereocenters. The summed E-state index contributed by atoms with van der Waals surface area (Å²) in [6.07, 6.45) is 2.12. The first-order valence-electron chi connectivity index (χ1n) is 3.69. The summed E-state index contributed by atoms with van der Waals surface area (Å²) in [7, 11) is 0. The van der Waals surface area contributed by atoms with Crippen molar-refractivity contribution < 1.29 is 0 Å². The van der Waals surface area contributed by atoms with Crippen molar-refractivity contribution in [2.24, 2.45) is 0 Å². The predicted octanol–water partition coefficient (Wildman–Crippen LogP) is 2.32. The van der Waals surface area contributed by atoms with Gasteiger partial charge < -0.3 is 0 Å². The van der Waals surface area contributed by atoms with E-state index in [9.17, 15) is 0 Å². The van der Waals surface area contributed by atoms with Gasteiger partial charge in [-0.05, 0) is 0 Å². The molecule has 0 amide bonds. The number of rotatable bonds is 1. The van der Waals surface area contributed by atoms with Crippen LogP contribution in [0.5, 0.6) is 0 Å². The number of aryl methyl sites for hydroxylation is 1. The normalized spacial score (nSPS) is 10.8. The van der Waals surface area contributed by atoms with Crippen LogP contribution in [-0.2, 0) is 0 Å². The Morgan fingerprint density at radius 3 is 3.00 bits per heavy atom. The maximum absolute atomic E-state index is 4.33. The van der Waals surface area contributed by atoms with E-state index in [4.69, 9.17) is 0 Å². The average Bonchev–Trinajstić information content (AvgIpc) is 2.49. The van der Waals surface area contributed by atoms with Crippen molar-refractivity contribution in [3.8, 4) is 0 Å². The molecule has 0 saturated heterocycles. The number of thioether (sulfide) groups is 1. The van der Waals surface area contributed by atoms with Gasteiger partial charge in [-0.1, -0.05) is 0 Å². The second-order valence-electron chi connectivity index (χ2n) is 2.64. The van der Waals surface area contributed by atoms with Crippen LogP contribution in [0.1, 0.15) is 5.56 Å². The number of benzene rings is 1. The van der Waals surface area contributed by atoms with E-state index in [1.807, 2.05) is 16.8 Å². The van der Waals surface area contributed by atoms with Gasteiger partial charge in [0.25, 0.3) is 0 Å². The van der Waals surface area contributed by atoms with Gasteiger partial charge in [0.15, 0.2) is 0 Å². The van der Waals surface area contributed by atoms with Crippen LogP contribution >= 0.6 is 11.8 Å². The summed E-state index contributed by atoms with van der Waals surface area (Å²) in [5.74, 6) is 0. The van der Waals surface area contributed by atoms with Crippen LogP contribution in [0.3, 0.4) is 0 Å². The van der Waals surface area contributed by atoms with Gasteiger partial charge in [-0.25, -0.2) is 0 Å². The molecule has 1 nitrogen and oxygen atoms in total. The molecule has 62 valence electrons. The fourth-order valence-electron chi connectivity index (χ4n) is 1.21. The molecule has 0 fully saturated rings. The number of hydrogen-bond donors (Lipinski definition) is 0. The van der Waals surface area contributed by atoms with E-state index in [1.54, 1.807) is 0 Å². The zero-order valence-electron chi connectivity index (χ0n) is 7.00. The molecule has 2 aromatic rings. The first-order chi connectivity index (χ1) is 5.81. The van der Waals surface area contributed by atoms with E-state index < -0.39 is 0 Å². The third kappa shape index (κ3) is 1.33. The Morgan fingerprint density at radius 2 is 2.25 bits per heavy atom. The zero-order chi connectivity index (χ0) is 8.55. The second kappa shape index (κ2) is 3.25. The first-order valence-corrected chi connectivity index (χ1v) is 6.76. The molecular weight excluding hydrogens is 233 g/mol. The van der Waals surface area contributed by atoms with Gasteiger partial charge in [0.1, 0.15) is 0 Å². The van der Waals surface area contributed by atoms with Crippen molar-refractivity contribution in [2.75, 3.05) is 6.26 Å². The van der Waals surface area contributed by atoms with Crippen molar-refractivity contribution in [1.29, 1.82) is 0 Å². The van der Waals surface area contributed by atoms with Crippen molar-refractivity contribution >= 4 is 36.0 Å². The van der Waals surface area contributed by atoms with Crippen molar-refractivity contribution in [3.05, 3.63) is 22.8 Å². The number of hydrogen-bond acceptors (Lipinski definition) is 2. The maximum atomic E-state index is 4.33. The summed E-state index contributed by atoms with van der Waals surface area (Å²) in [5, 5.41) is 2.04. The standard InChI is InChI=1S/C9H9NSSe/c1-6-3-7-9(12-5-10-7)4-8(6)11-2/h3-5H,1-2H3. The Labute approximate surface area is 81.9 Å². The first kappa shape index (κ1) is 8.36. The molecule has 2 rings (SSSR count). The number of aromatic nitrogens is 1. The molecular formula is C9H9NSSe. The Balaban J connectivity index is 2.73. The Bertz CT molecular complexity index is 408. The Kier molecular flexibility index (Phi) is 2.26. The molecule has 0 radical (unpaired) electrons. The quantitative estimate of drug-likeness (QED) is 0.562. The van der Waals surface area contributed by atoms with E-state index in [-0.39, 0.29) is 0 Å². The molecule has 0 unspecified atom stereocenters. The second-order valence-corrected chi connectivity index (χ2v) is 5.35. The van der Waals surface area contributed by atoms with Crippen molar-refractivity contribution in [2.45, 2.75) is 11.8 Å². The number of fused-ring (bicyclic) bond motifs is 1. The molecule has 0 bridgehead atoms. The van der Waals surface area contributed by atoms with Gasteiger partial charge in [0.2, 0.25) is 0 Å². The summed E-state index contributed by atoms with van der Waals surface area (Å²) in [6, 6.07) is 4.47. The third-order valence-electron chi connectivity index (χ3n) is 1.85. The molecule has 12 heavy (non-hydrogen) atoms. The topological polar surface area (TPSA) is 12.9 Å². The Hall–Kier alpha value is -0.241. The SMILES string of the molecule is CSc1cc2[se]cnc2cc1C. The van der Waals surface area contributed by atoms with Gasteiger partial charge >= 0.3 is 81.9 Å². The van der Waals surface area contributed by atoms with Crippen LogP contribution in [-0.4, -0.2) is 25.7 Å². The van der Waals surface area contributed by atoms with Crippen LogP contribution in [0.2, 0.25) is 0 Å². The summed E-state index contributed by atoms with van der Waals surface area (Å²) in [6.45, 7) is 2.15. The van der Waals surface area contributed by atoms with Crippen molar-refractivity contribution in [3.63, 3.8) is 0 Å². The fraction of sp³-hybridized carbons (Fsp3) is 0.222. The minimum absolute atomic E-state index is 0.480. The predicted molar refractivity (Wildman–Crippen MR) is 55.2 cm³/mol. The van der Waals surface area contributed by atoms with E-state index >= 15 is 0 Å². The summed E-state index contributed by atoms with van der Waals surface area (Å²) >= 11 is 2.30. The molecule has 0 aliphatic carbocycles.